The predicted molar refractivity (Wildman–Crippen MR) is 130 cm³/mol. The van der Waals surface area contributed by atoms with Crippen molar-refractivity contribution >= 4 is 57.7 Å². The molecular formula is C22H22N6O7S2. The number of hydrogen-bond donors (Lipinski definition) is 3. The summed E-state index contributed by atoms with van der Waals surface area (Å²) >= 11 is 2.23. The van der Waals surface area contributed by atoms with Crippen molar-refractivity contribution in [1.29, 1.82) is 0 Å². The smallest absolute Gasteiger partial charge is 0.331 e. The summed E-state index contributed by atoms with van der Waals surface area (Å²) in [5.41, 5.74) is 3.92. The fraction of sp³-hybridized carbons (Fsp3) is 0.318. The zero-order valence-corrected chi connectivity index (χ0v) is 21.2. The van der Waals surface area contributed by atoms with Crippen LogP contribution >= 0.6 is 23.1 Å². The number of aliphatic carboxylic acids is 2. The molecule has 4 N–H and O–H groups in total. The van der Waals surface area contributed by atoms with Crippen molar-refractivity contribution in [2.24, 2.45) is 5.16 Å². The normalized spacial score (nSPS) is 21.4. The zero-order valence-electron chi connectivity index (χ0n) is 19.6. The van der Waals surface area contributed by atoms with Crippen LogP contribution in [0.15, 0.2) is 52.1 Å². The van der Waals surface area contributed by atoms with E-state index in [1.165, 1.54) is 35.9 Å². The van der Waals surface area contributed by atoms with Gasteiger partial charge < -0.3 is 35.8 Å². The molecule has 1 fully saturated rings. The first-order chi connectivity index (χ1) is 17.5. The van der Waals surface area contributed by atoms with Crippen LogP contribution in [0, 0.1) is 0 Å². The van der Waals surface area contributed by atoms with Gasteiger partial charge in [0.2, 0.25) is 5.91 Å². The van der Waals surface area contributed by atoms with Gasteiger partial charge in [-0.15, -0.1) is 23.1 Å². The van der Waals surface area contributed by atoms with Gasteiger partial charge in [-0.3, -0.25) is 9.59 Å². The zero-order chi connectivity index (χ0) is 26.9. The van der Waals surface area contributed by atoms with Gasteiger partial charge in [0.15, 0.2) is 41.4 Å². The molecule has 37 heavy (non-hydrogen) atoms. The van der Waals surface area contributed by atoms with E-state index in [0.717, 1.165) is 11.3 Å². The number of nitrogens with zero attached hydrogens (tertiary/aromatic N) is 4. The van der Waals surface area contributed by atoms with Crippen LogP contribution < -0.4 is 20.7 Å². The topological polar surface area (TPSA) is 191 Å². The molecule has 1 unspecified atom stereocenters. The highest BCUT2D eigenvalue weighted by Gasteiger charge is 2.56. The molecule has 0 spiro atoms. The van der Waals surface area contributed by atoms with Gasteiger partial charge in [-0.2, -0.15) is 0 Å². The minimum atomic E-state index is -1.86. The fourth-order valence-electron chi connectivity index (χ4n) is 3.60. The Kier molecular flexibility index (Phi) is 7.18. The highest BCUT2D eigenvalue weighted by molar-refractivity contribution is 8.02. The Morgan fingerprint density at radius 3 is 2.62 bits per heavy atom. The molecule has 4 heterocycles. The highest BCUT2D eigenvalue weighted by atomic mass is 32.2. The Bertz CT molecular complexity index is 1310. The number of carboxylic acids is 2. The van der Waals surface area contributed by atoms with E-state index in [9.17, 15) is 29.4 Å². The molecule has 2 aromatic heterocycles. The van der Waals surface area contributed by atoms with Gasteiger partial charge >= 0.3 is 5.97 Å². The number of thiazole rings is 1. The molecule has 0 radical (unpaired) electrons. The van der Waals surface area contributed by atoms with Crippen LogP contribution in [0.3, 0.4) is 0 Å². The molecule has 0 bridgehead atoms. The standard InChI is InChI=1S/C22H22N6O7S2/c1-22(2,20(33)34)35-26-13(12-10-37-21(23)24-12)16(29)25-14-17(30)28-15(19(31)32)11(9-36-18(14)28)8-27-6-4-3-5-7-27/h3-7,9-10,14-15,18H,8H2,1-2H3,(H4-,23,24,25,29,31,32,33,34)/b26-13+/t14-,15?,18-/m1/s1. The Morgan fingerprint density at radius 2 is 2.03 bits per heavy atom. The lowest BCUT2D eigenvalue weighted by atomic mass is 9.97. The first-order valence-corrected chi connectivity index (χ1v) is 12.6. The number of carbonyl (C=O) groups excluding carboxylic acids is 3. The lowest BCUT2D eigenvalue weighted by molar-refractivity contribution is -0.689. The minimum Gasteiger partial charge on any atom is -0.546 e. The number of aromatic nitrogens is 2. The maximum atomic E-state index is 13.1. The lowest BCUT2D eigenvalue weighted by Gasteiger charge is -2.51. The van der Waals surface area contributed by atoms with Crippen molar-refractivity contribution in [3.63, 3.8) is 0 Å². The van der Waals surface area contributed by atoms with Crippen molar-refractivity contribution < 1.29 is 38.8 Å². The van der Waals surface area contributed by atoms with E-state index in [4.69, 9.17) is 10.6 Å². The quantitative estimate of drug-likeness (QED) is 0.147. The first-order valence-electron chi connectivity index (χ1n) is 10.8. The molecule has 15 heteroatoms. The molecular weight excluding hydrogens is 524 g/mol. The molecule has 2 amide bonds. The average molecular weight is 547 g/mol. The van der Waals surface area contributed by atoms with Crippen LogP contribution in [0.5, 0.6) is 0 Å². The molecule has 0 saturated carbocycles. The number of β-lactam (4-membered cyclic amide) rings is 1. The van der Waals surface area contributed by atoms with Gasteiger partial charge in [-0.25, -0.2) is 14.3 Å². The van der Waals surface area contributed by atoms with E-state index in [-0.39, 0.29) is 17.4 Å². The molecule has 2 aliphatic heterocycles. The van der Waals surface area contributed by atoms with Crippen molar-refractivity contribution in [3.05, 3.63) is 52.6 Å². The van der Waals surface area contributed by atoms with Crippen molar-refractivity contribution in [2.45, 2.75) is 43.5 Å². The molecule has 4 rings (SSSR count). The third-order valence-corrected chi connectivity index (χ3v) is 7.46. The van der Waals surface area contributed by atoms with E-state index in [1.54, 1.807) is 22.4 Å². The number of anilines is 1. The molecule has 2 aromatic rings. The molecule has 0 aliphatic carbocycles. The summed E-state index contributed by atoms with van der Waals surface area (Å²) in [5, 5.41) is 29.9. The molecule has 3 atom stereocenters. The van der Waals surface area contributed by atoms with E-state index in [1.807, 2.05) is 18.2 Å². The summed E-state index contributed by atoms with van der Waals surface area (Å²) in [5.74, 6) is -4.22. The summed E-state index contributed by atoms with van der Waals surface area (Å²) in [6, 6.07) is 3.19. The number of hydrogen-bond acceptors (Lipinski definition) is 11. The average Bonchev–Trinajstić information content (AvgIpc) is 3.28. The molecule has 13 nitrogen and oxygen atoms in total. The first kappa shape index (κ1) is 26.1. The third kappa shape index (κ3) is 5.27. The Labute approximate surface area is 218 Å². The Balaban J connectivity index is 1.54. The van der Waals surface area contributed by atoms with Crippen molar-refractivity contribution in [1.82, 2.24) is 15.2 Å². The molecule has 0 aromatic carbocycles. The second-order valence-electron chi connectivity index (χ2n) is 8.60. The largest absolute Gasteiger partial charge is 0.546 e. The summed E-state index contributed by atoms with van der Waals surface area (Å²) in [4.78, 5) is 59.7. The fourth-order valence-corrected chi connectivity index (χ4v) is 5.36. The van der Waals surface area contributed by atoms with E-state index in [2.05, 4.69) is 15.5 Å². The monoisotopic (exact) mass is 546 g/mol. The summed E-state index contributed by atoms with van der Waals surface area (Å²) in [6.45, 7) is 2.64. The number of fused-ring (bicyclic) bond motifs is 1. The van der Waals surface area contributed by atoms with Crippen molar-refractivity contribution in [2.75, 3.05) is 5.73 Å². The van der Waals surface area contributed by atoms with Crippen molar-refractivity contribution in [3.8, 4) is 0 Å². The number of thioether (sulfide) groups is 1. The van der Waals surface area contributed by atoms with Crippen LogP contribution in [0.1, 0.15) is 19.5 Å². The van der Waals surface area contributed by atoms with E-state index >= 15 is 0 Å². The number of nitrogen functional groups attached to an aromatic ring is 1. The number of nitrogens with two attached hydrogens (primary N) is 1. The third-order valence-electron chi connectivity index (χ3n) is 5.57. The number of carboxylic acid groups (broad SMARTS) is 2. The number of amides is 2. The number of nitrogens with one attached hydrogen (secondary N) is 1. The van der Waals surface area contributed by atoms with Crippen LogP contribution in [0.4, 0.5) is 5.13 Å². The van der Waals surface area contributed by atoms with Crippen LogP contribution in [-0.4, -0.2) is 67.5 Å². The summed E-state index contributed by atoms with van der Waals surface area (Å²) in [7, 11) is 0. The molecule has 1 saturated heterocycles. The SMILES string of the molecule is CC(C)(O/N=C(/C(=O)N[C@@H]1C(=O)N2C(C(=O)O)C(C[n+]3ccccc3)=CS[C@H]12)c1csc(N)n1)C(=O)[O-]. The molecule has 194 valence electrons. The van der Waals surface area contributed by atoms with Gasteiger partial charge in [0.1, 0.15) is 17.1 Å². The number of oxime groups is 1. The van der Waals surface area contributed by atoms with Gasteiger partial charge in [-0.05, 0) is 19.3 Å². The number of pyridine rings is 1. The number of rotatable bonds is 9. The van der Waals surface area contributed by atoms with Gasteiger partial charge in [0.05, 0.1) is 5.97 Å². The second kappa shape index (κ2) is 10.2. The Morgan fingerprint density at radius 1 is 1.32 bits per heavy atom. The van der Waals surface area contributed by atoms with E-state index in [0.29, 0.717) is 5.57 Å². The van der Waals surface area contributed by atoms with Crippen LogP contribution in [-0.2, 0) is 30.6 Å². The summed E-state index contributed by atoms with van der Waals surface area (Å²) < 4.78 is 1.79. The lowest BCUT2D eigenvalue weighted by Crippen LogP contribution is -2.74. The van der Waals surface area contributed by atoms with Crippen LogP contribution in [0.25, 0.3) is 0 Å². The predicted octanol–water partition coefficient (Wildman–Crippen LogP) is -1.30. The molecule has 2 aliphatic rings. The minimum absolute atomic E-state index is 0.0135. The number of carbonyl (C=O) groups is 4. The maximum absolute atomic E-state index is 13.1. The van der Waals surface area contributed by atoms with Gasteiger partial charge in [0.25, 0.3) is 5.91 Å². The highest BCUT2D eigenvalue weighted by Crippen LogP contribution is 2.40. The van der Waals surface area contributed by atoms with E-state index < -0.39 is 52.5 Å². The van der Waals surface area contributed by atoms with Gasteiger partial charge in [-0.1, -0.05) is 11.2 Å². The Hall–Kier alpha value is -3.98. The maximum Gasteiger partial charge on any atom is 0.331 e. The van der Waals surface area contributed by atoms with Gasteiger partial charge in [0, 0.05) is 23.1 Å². The second-order valence-corrected chi connectivity index (χ2v) is 10.5. The summed E-state index contributed by atoms with van der Waals surface area (Å²) in [6.07, 6.45) is 3.57. The van der Waals surface area contributed by atoms with Crippen LogP contribution in [0.2, 0.25) is 0 Å².